The topological polar surface area (TPSA) is 52.6 Å². The molecule has 1 aliphatic heterocycles. The molecule has 1 unspecified atom stereocenters. The summed E-state index contributed by atoms with van der Waals surface area (Å²) in [5.41, 5.74) is 4.70. The molecule has 3 rings (SSSR count). The summed E-state index contributed by atoms with van der Waals surface area (Å²) in [6, 6.07) is 17.6. The standard InChI is InChI=1S/C18H20N2O2/c21-18(19-22)17(14-7-2-1-3-8-14)15-9-6-10-16(13-15)20-11-4-5-12-20/h1-3,6-10,13,17,22H,4-5,11-12H2,(H,19,21). The molecule has 1 fully saturated rings. The van der Waals surface area contributed by atoms with Crippen LogP contribution in [-0.4, -0.2) is 24.2 Å². The molecule has 2 N–H and O–H groups in total. The first kappa shape index (κ1) is 14.6. The van der Waals surface area contributed by atoms with Crippen LogP contribution in [0.3, 0.4) is 0 Å². The normalized spacial score (nSPS) is 15.6. The third-order valence-electron chi connectivity index (χ3n) is 4.18. The molecule has 0 aromatic heterocycles. The molecule has 0 saturated carbocycles. The van der Waals surface area contributed by atoms with E-state index >= 15 is 0 Å². The Morgan fingerprint density at radius 2 is 1.68 bits per heavy atom. The quantitative estimate of drug-likeness (QED) is 0.674. The van der Waals surface area contributed by atoms with Gasteiger partial charge in [-0.2, -0.15) is 0 Å². The van der Waals surface area contributed by atoms with Crippen molar-refractivity contribution < 1.29 is 10.0 Å². The van der Waals surface area contributed by atoms with Crippen molar-refractivity contribution in [2.45, 2.75) is 18.8 Å². The zero-order valence-electron chi connectivity index (χ0n) is 12.4. The molecule has 2 aromatic carbocycles. The van der Waals surface area contributed by atoms with Crippen LogP contribution < -0.4 is 10.4 Å². The smallest absolute Gasteiger partial charge is 0.255 e. The van der Waals surface area contributed by atoms with Gasteiger partial charge in [-0.15, -0.1) is 0 Å². The van der Waals surface area contributed by atoms with Crippen molar-refractivity contribution in [1.29, 1.82) is 0 Å². The predicted octanol–water partition coefficient (Wildman–Crippen LogP) is 2.92. The molecule has 2 aromatic rings. The zero-order chi connectivity index (χ0) is 15.4. The minimum atomic E-state index is -0.506. The summed E-state index contributed by atoms with van der Waals surface area (Å²) in [6.07, 6.45) is 2.42. The van der Waals surface area contributed by atoms with Crippen LogP contribution in [0, 0.1) is 0 Å². The molecular formula is C18H20N2O2. The highest BCUT2D eigenvalue weighted by atomic mass is 16.5. The van der Waals surface area contributed by atoms with E-state index in [4.69, 9.17) is 5.21 Å². The number of hydroxylamine groups is 1. The fraction of sp³-hybridized carbons (Fsp3) is 0.278. The Kier molecular flexibility index (Phi) is 4.39. The van der Waals surface area contributed by atoms with Crippen molar-refractivity contribution in [1.82, 2.24) is 5.48 Å². The third-order valence-corrected chi connectivity index (χ3v) is 4.18. The Labute approximate surface area is 130 Å². The molecule has 4 nitrogen and oxygen atoms in total. The molecule has 0 radical (unpaired) electrons. The maximum atomic E-state index is 12.2. The van der Waals surface area contributed by atoms with Gasteiger partial charge in [0.2, 0.25) is 0 Å². The van der Waals surface area contributed by atoms with Gasteiger partial charge in [-0.05, 0) is 36.1 Å². The Morgan fingerprint density at radius 3 is 2.36 bits per heavy atom. The van der Waals surface area contributed by atoms with Gasteiger partial charge < -0.3 is 4.90 Å². The average Bonchev–Trinajstić information content (AvgIpc) is 3.11. The second-order valence-corrected chi connectivity index (χ2v) is 5.61. The van der Waals surface area contributed by atoms with Gasteiger partial charge in [-0.25, -0.2) is 5.48 Å². The molecule has 0 spiro atoms. The van der Waals surface area contributed by atoms with E-state index in [0.717, 1.165) is 29.9 Å². The number of rotatable bonds is 4. The predicted molar refractivity (Wildman–Crippen MR) is 86.1 cm³/mol. The fourth-order valence-corrected chi connectivity index (χ4v) is 3.08. The van der Waals surface area contributed by atoms with Crippen LogP contribution in [-0.2, 0) is 4.79 Å². The van der Waals surface area contributed by atoms with E-state index in [1.807, 2.05) is 42.5 Å². The van der Waals surface area contributed by atoms with Crippen molar-refractivity contribution >= 4 is 11.6 Å². The number of anilines is 1. The van der Waals surface area contributed by atoms with Crippen molar-refractivity contribution in [3.05, 3.63) is 65.7 Å². The third kappa shape index (κ3) is 2.97. The summed E-state index contributed by atoms with van der Waals surface area (Å²) in [4.78, 5) is 14.5. The number of nitrogens with zero attached hydrogens (tertiary/aromatic N) is 1. The molecular weight excluding hydrogens is 276 g/mol. The molecule has 1 saturated heterocycles. The molecule has 0 bridgehead atoms. The minimum absolute atomic E-state index is 0.412. The molecule has 0 aliphatic carbocycles. The number of carbonyl (C=O) groups excluding carboxylic acids is 1. The van der Waals surface area contributed by atoms with E-state index in [1.54, 1.807) is 5.48 Å². The summed E-state index contributed by atoms with van der Waals surface area (Å²) in [6.45, 7) is 2.12. The van der Waals surface area contributed by atoms with Crippen LogP contribution in [0.4, 0.5) is 5.69 Å². The minimum Gasteiger partial charge on any atom is -0.372 e. The second-order valence-electron chi connectivity index (χ2n) is 5.61. The second kappa shape index (κ2) is 6.62. The van der Waals surface area contributed by atoms with E-state index in [0.29, 0.717) is 0 Å². The maximum absolute atomic E-state index is 12.2. The molecule has 4 heteroatoms. The molecule has 1 atom stereocenters. The largest absolute Gasteiger partial charge is 0.372 e. The average molecular weight is 296 g/mol. The lowest BCUT2D eigenvalue weighted by atomic mass is 9.90. The summed E-state index contributed by atoms with van der Waals surface area (Å²) < 4.78 is 0. The lowest BCUT2D eigenvalue weighted by Crippen LogP contribution is -2.27. The monoisotopic (exact) mass is 296 g/mol. The van der Waals surface area contributed by atoms with Gasteiger partial charge in [0.1, 0.15) is 0 Å². The van der Waals surface area contributed by atoms with Crippen LogP contribution >= 0.6 is 0 Å². The van der Waals surface area contributed by atoms with Gasteiger partial charge in [-0.3, -0.25) is 10.0 Å². The molecule has 1 aliphatic rings. The summed E-state index contributed by atoms with van der Waals surface area (Å²) in [5.74, 6) is -0.918. The number of hydrogen-bond donors (Lipinski definition) is 2. The summed E-state index contributed by atoms with van der Waals surface area (Å²) >= 11 is 0. The molecule has 1 amide bonds. The van der Waals surface area contributed by atoms with Gasteiger partial charge in [-0.1, -0.05) is 42.5 Å². The Morgan fingerprint density at radius 1 is 1.00 bits per heavy atom. The van der Waals surface area contributed by atoms with Crippen LogP contribution in [0.25, 0.3) is 0 Å². The van der Waals surface area contributed by atoms with Crippen LogP contribution in [0.5, 0.6) is 0 Å². The highest BCUT2D eigenvalue weighted by molar-refractivity contribution is 5.86. The van der Waals surface area contributed by atoms with Crippen LogP contribution in [0.2, 0.25) is 0 Å². The van der Waals surface area contributed by atoms with E-state index in [2.05, 4.69) is 17.0 Å². The van der Waals surface area contributed by atoms with E-state index < -0.39 is 11.8 Å². The molecule has 1 heterocycles. The van der Waals surface area contributed by atoms with E-state index in [9.17, 15) is 4.79 Å². The zero-order valence-corrected chi connectivity index (χ0v) is 12.4. The van der Waals surface area contributed by atoms with Gasteiger partial charge in [0, 0.05) is 18.8 Å². The van der Waals surface area contributed by atoms with Crippen molar-refractivity contribution in [2.75, 3.05) is 18.0 Å². The Bertz CT molecular complexity index is 637. The number of amides is 1. The summed E-state index contributed by atoms with van der Waals surface area (Å²) in [5, 5.41) is 9.10. The van der Waals surface area contributed by atoms with Gasteiger partial charge >= 0.3 is 0 Å². The summed E-state index contributed by atoms with van der Waals surface area (Å²) in [7, 11) is 0. The lowest BCUT2D eigenvalue weighted by molar-refractivity contribution is -0.129. The number of nitrogens with one attached hydrogen (secondary N) is 1. The van der Waals surface area contributed by atoms with Crippen molar-refractivity contribution in [3.8, 4) is 0 Å². The first-order valence-corrected chi connectivity index (χ1v) is 7.63. The van der Waals surface area contributed by atoms with Gasteiger partial charge in [0.15, 0.2) is 0 Å². The van der Waals surface area contributed by atoms with Crippen molar-refractivity contribution in [2.24, 2.45) is 0 Å². The molecule has 22 heavy (non-hydrogen) atoms. The maximum Gasteiger partial charge on any atom is 0.255 e. The van der Waals surface area contributed by atoms with E-state index in [-0.39, 0.29) is 0 Å². The first-order chi connectivity index (χ1) is 10.8. The van der Waals surface area contributed by atoms with Crippen LogP contribution in [0.1, 0.15) is 29.9 Å². The first-order valence-electron chi connectivity index (χ1n) is 7.63. The Balaban J connectivity index is 1.97. The fourth-order valence-electron chi connectivity index (χ4n) is 3.08. The van der Waals surface area contributed by atoms with Gasteiger partial charge in [0.25, 0.3) is 5.91 Å². The number of benzene rings is 2. The number of carbonyl (C=O) groups is 1. The van der Waals surface area contributed by atoms with Crippen LogP contribution in [0.15, 0.2) is 54.6 Å². The van der Waals surface area contributed by atoms with Gasteiger partial charge in [0.05, 0.1) is 5.92 Å². The highest BCUT2D eigenvalue weighted by Gasteiger charge is 2.23. The SMILES string of the molecule is O=C(NO)C(c1ccccc1)c1cccc(N2CCCC2)c1. The van der Waals surface area contributed by atoms with E-state index in [1.165, 1.54) is 12.8 Å². The molecule has 114 valence electrons. The lowest BCUT2D eigenvalue weighted by Gasteiger charge is -2.21. The van der Waals surface area contributed by atoms with Crippen molar-refractivity contribution in [3.63, 3.8) is 0 Å². The number of hydrogen-bond acceptors (Lipinski definition) is 3. The highest BCUT2D eigenvalue weighted by Crippen LogP contribution is 2.29. The Hall–Kier alpha value is -2.33.